The number of benzene rings is 2. The lowest BCUT2D eigenvalue weighted by Crippen LogP contribution is -2.53. The lowest BCUT2D eigenvalue weighted by atomic mass is 10.0. The first kappa shape index (κ1) is 81.2. The molecule has 5 atom stereocenters. The normalized spacial score (nSPS) is 15.3. The molecule has 1 aromatic heterocycles. The van der Waals surface area contributed by atoms with Gasteiger partial charge in [0.15, 0.2) is 5.11 Å². The minimum Gasteiger partial charge on any atom is -0.481 e. The Morgan fingerprint density at radius 1 is 0.515 bits per heavy atom. The fourth-order valence-corrected chi connectivity index (χ4v) is 10.7. The summed E-state index contributed by atoms with van der Waals surface area (Å²) in [6.07, 6.45) is 2.48. The molecule has 17 N–H and O–H groups in total. The van der Waals surface area contributed by atoms with Crippen molar-refractivity contribution in [2.24, 2.45) is 0 Å². The molecule has 7 amide bonds. The van der Waals surface area contributed by atoms with E-state index in [1.165, 1.54) is 17.8 Å². The molecule has 0 saturated carbocycles. The summed E-state index contributed by atoms with van der Waals surface area (Å²) in [5.41, 5.74) is 2.38. The van der Waals surface area contributed by atoms with Gasteiger partial charge in [-0.25, -0.2) is 28.7 Å². The number of nitrogens with zero attached hydrogens (tertiary/aromatic N) is 7. The van der Waals surface area contributed by atoms with E-state index < -0.39 is 134 Å². The van der Waals surface area contributed by atoms with Crippen LogP contribution in [0, 0.1) is 0 Å². The number of nitrogens with one attached hydrogen (secondary N) is 9. The van der Waals surface area contributed by atoms with Crippen LogP contribution >= 0.6 is 12.2 Å². The number of thiocarbonyl (C=S) groups is 1. The molecule has 544 valence electrons. The van der Waals surface area contributed by atoms with E-state index in [-0.39, 0.29) is 122 Å². The Morgan fingerprint density at radius 3 is 1.59 bits per heavy atom. The molecular formula is C61H88N16O21S. The van der Waals surface area contributed by atoms with E-state index in [1.54, 1.807) is 68.1 Å². The Labute approximate surface area is 573 Å². The Balaban J connectivity index is 1.37. The van der Waals surface area contributed by atoms with E-state index >= 15 is 0 Å². The van der Waals surface area contributed by atoms with Crippen molar-refractivity contribution in [3.05, 3.63) is 60.3 Å². The maximum Gasteiger partial charge on any atom is 0.326 e. The van der Waals surface area contributed by atoms with Crippen LogP contribution < -0.4 is 47.9 Å². The van der Waals surface area contributed by atoms with Crippen LogP contribution in [-0.2, 0) is 65.7 Å². The molecule has 4 rings (SSSR count). The molecule has 37 nitrogen and oxygen atoms in total. The smallest absolute Gasteiger partial charge is 0.326 e. The van der Waals surface area contributed by atoms with Crippen molar-refractivity contribution in [2.45, 2.75) is 121 Å². The Bertz CT molecular complexity index is 3250. The van der Waals surface area contributed by atoms with Crippen molar-refractivity contribution < 1.29 is 103 Å². The summed E-state index contributed by atoms with van der Waals surface area (Å²) in [5, 5.41) is 109. The fourth-order valence-electron chi connectivity index (χ4n) is 10.5. The number of carboxylic acids is 8. The number of unbranched alkanes of at least 4 members (excludes halogenated alkanes) is 3. The molecule has 0 radical (unpaired) electrons. The van der Waals surface area contributed by atoms with Gasteiger partial charge in [0.1, 0.15) is 30.7 Å². The second kappa shape index (κ2) is 43.2. The van der Waals surface area contributed by atoms with Crippen LogP contribution in [-0.4, -0.2) is 280 Å². The number of carboxylic acid groups (broad SMARTS) is 8. The van der Waals surface area contributed by atoms with E-state index in [4.69, 9.17) is 17.3 Å². The monoisotopic (exact) mass is 1410 g/mol. The number of aliphatic carboxylic acids is 8. The Hall–Kier alpha value is -10.2. The highest BCUT2D eigenvalue weighted by Crippen LogP contribution is 2.23. The number of anilines is 2. The lowest BCUT2D eigenvalue weighted by Gasteiger charge is -2.37. The second-order valence-corrected chi connectivity index (χ2v) is 23.7. The molecule has 3 aromatic rings. The zero-order valence-electron chi connectivity index (χ0n) is 54.6. The molecule has 0 bridgehead atoms. The van der Waals surface area contributed by atoms with Gasteiger partial charge in [-0.3, -0.25) is 58.0 Å². The third kappa shape index (κ3) is 33.1. The summed E-state index contributed by atoms with van der Waals surface area (Å²) in [6.45, 7) is 0.845. The highest BCUT2D eigenvalue weighted by atomic mass is 32.1. The van der Waals surface area contributed by atoms with Crippen LogP contribution in [0.5, 0.6) is 0 Å². The number of carbonyl (C=O) groups is 13. The van der Waals surface area contributed by atoms with Crippen molar-refractivity contribution in [3.63, 3.8) is 0 Å². The zero-order chi connectivity index (χ0) is 73.0. The molecule has 1 saturated heterocycles. The van der Waals surface area contributed by atoms with Gasteiger partial charge in [0.2, 0.25) is 17.7 Å². The van der Waals surface area contributed by atoms with Gasteiger partial charge >= 0.3 is 59.8 Å². The summed E-state index contributed by atoms with van der Waals surface area (Å²) in [4.78, 5) is 165. The Morgan fingerprint density at radius 2 is 1.03 bits per heavy atom. The minimum absolute atomic E-state index is 0.0150. The number of amides is 7. The van der Waals surface area contributed by atoms with Crippen LogP contribution in [0.3, 0.4) is 0 Å². The highest BCUT2D eigenvalue weighted by molar-refractivity contribution is 7.80. The molecular weight excluding hydrogens is 1320 g/mol. The van der Waals surface area contributed by atoms with Crippen LogP contribution in [0.4, 0.5) is 21.0 Å². The van der Waals surface area contributed by atoms with Crippen LogP contribution in [0.25, 0.3) is 11.3 Å². The number of rotatable bonds is 41. The molecule has 1 aliphatic heterocycles. The second-order valence-electron chi connectivity index (χ2n) is 23.3. The van der Waals surface area contributed by atoms with Crippen LogP contribution in [0.15, 0.2) is 54.7 Å². The van der Waals surface area contributed by atoms with Crippen LogP contribution in [0.1, 0.15) is 83.1 Å². The van der Waals surface area contributed by atoms with Gasteiger partial charge in [0, 0.05) is 102 Å². The van der Waals surface area contributed by atoms with E-state index in [0.717, 1.165) is 5.56 Å². The molecule has 0 aliphatic carbocycles. The summed E-state index contributed by atoms with van der Waals surface area (Å²) < 4.78 is 1.24. The van der Waals surface area contributed by atoms with Gasteiger partial charge in [0.05, 0.1) is 38.1 Å². The predicted molar refractivity (Wildman–Crippen MR) is 355 cm³/mol. The molecule has 0 spiro atoms. The summed E-state index contributed by atoms with van der Waals surface area (Å²) in [6, 6.07) is 5.48. The van der Waals surface area contributed by atoms with Gasteiger partial charge in [-0.1, -0.05) is 29.5 Å². The maximum absolute atomic E-state index is 13.9. The first-order valence-electron chi connectivity index (χ1n) is 31.8. The lowest BCUT2D eigenvalue weighted by molar-refractivity contribution is -0.142. The van der Waals surface area contributed by atoms with Crippen molar-refractivity contribution in [1.82, 2.24) is 71.8 Å². The fraction of sp³-hybridized carbons (Fsp3) is 0.541. The summed E-state index contributed by atoms with van der Waals surface area (Å²) >= 11 is 5.58. The third-order valence-corrected chi connectivity index (χ3v) is 15.6. The number of hydrogen-bond donors (Lipinski definition) is 17. The topological polar surface area (TPSA) is 536 Å². The van der Waals surface area contributed by atoms with Gasteiger partial charge in [0.25, 0.3) is 0 Å². The van der Waals surface area contributed by atoms with Gasteiger partial charge in [-0.15, -0.1) is 5.10 Å². The molecule has 1 unspecified atom stereocenters. The number of carbonyl (C=O) groups excluding carboxylic acids is 5. The van der Waals surface area contributed by atoms with Crippen molar-refractivity contribution in [1.29, 1.82) is 0 Å². The third-order valence-electron chi connectivity index (χ3n) is 15.4. The van der Waals surface area contributed by atoms with Crippen molar-refractivity contribution in [3.8, 4) is 11.3 Å². The summed E-state index contributed by atoms with van der Waals surface area (Å²) in [7, 11) is 0. The standard InChI is InChI=1S/C61H88N16O21S/c1-38(78)62-20-5-3-12-45(56(91)92)69-55(90)44(68-49(79)33-77-48(31-65-72-77)40-9-8-10-42(30-40)66-59(97)63-21-6-4-13-46(57(93)94)70-60(98)71-47(58(95)96)18-19-50(80)81)11-2-7-22-64-61(99)67-41-16-14-39(15-17-41)29-43-32-75(36-53(86)87)26-25-73(34-51(82)83)23-24-74(35-52(84)85)27-28-76(43)37-54(88)89/h8-10,14-17,30-31,43-47H,2-7,11-13,18-29,32-37H2,1H3,(H,62,78)(H,68,79)(H,69,90)(H,80,81)(H,82,83)(H,84,85)(H,86,87)(H,88,89)(H,91,92)(H,93,94)(H,95,96)(H2,63,66,97)(H2,64,67,99)(H2,70,71,98)/t43?,44-,45-,46-,47-/m0/s1. The van der Waals surface area contributed by atoms with Crippen LogP contribution in [0.2, 0.25) is 0 Å². The van der Waals surface area contributed by atoms with E-state index in [0.29, 0.717) is 54.9 Å². The first-order chi connectivity index (χ1) is 47.0. The molecule has 1 fully saturated rings. The molecule has 2 heterocycles. The quantitative estimate of drug-likeness (QED) is 0.0247. The highest BCUT2D eigenvalue weighted by Gasteiger charge is 2.31. The van der Waals surface area contributed by atoms with E-state index in [2.05, 4.69) is 52.8 Å². The Kier molecular flexibility index (Phi) is 35.4. The van der Waals surface area contributed by atoms with Crippen molar-refractivity contribution in [2.75, 3.05) is 102 Å². The minimum atomic E-state index is -1.57. The largest absolute Gasteiger partial charge is 0.481 e. The maximum atomic E-state index is 13.9. The molecule has 38 heteroatoms. The number of hydrogen-bond acceptors (Lipinski definition) is 20. The van der Waals surface area contributed by atoms with Gasteiger partial charge in [-0.2, -0.15) is 0 Å². The number of urea groups is 2. The van der Waals surface area contributed by atoms with Crippen molar-refractivity contribution >= 4 is 106 Å². The molecule has 1 aliphatic rings. The van der Waals surface area contributed by atoms with E-state index in [9.17, 15) is 98.1 Å². The van der Waals surface area contributed by atoms with Gasteiger partial charge in [-0.05, 0) is 113 Å². The predicted octanol–water partition coefficient (Wildman–Crippen LogP) is -0.704. The summed E-state index contributed by atoms with van der Waals surface area (Å²) in [5.74, 6) is -11.8. The van der Waals surface area contributed by atoms with Gasteiger partial charge < -0.3 is 88.7 Å². The van der Waals surface area contributed by atoms with E-state index in [1.807, 2.05) is 5.32 Å². The number of aromatic nitrogens is 3. The average molecular weight is 1410 g/mol. The average Bonchev–Trinajstić information content (AvgIpc) is 1.77. The first-order valence-corrected chi connectivity index (χ1v) is 32.2. The molecule has 2 aromatic carbocycles. The SMILES string of the molecule is CC(=O)NCCCC[C@H](NC(=O)[C@H](CCCCNC(=S)Nc1ccc(CC2CN(CC(=O)O)CCN(CC(=O)O)CCN(CC(=O)O)CCN2CC(=O)O)cc1)NC(=O)Cn1nncc1-c1cccc(NC(=O)NCCCC[C@H](NC(=O)N[C@@H](CCC(=O)O)C(=O)O)C(=O)O)c1)C(=O)O. The molecule has 99 heavy (non-hydrogen) atoms. The zero-order valence-corrected chi connectivity index (χ0v) is 55.4.